The van der Waals surface area contributed by atoms with Gasteiger partial charge >= 0.3 is 6.18 Å². The first kappa shape index (κ1) is 22.6. The Hall–Kier alpha value is -3.14. The fourth-order valence-corrected chi connectivity index (χ4v) is 4.30. The zero-order chi connectivity index (χ0) is 24.0. The highest BCUT2D eigenvalue weighted by Crippen LogP contribution is 2.40. The van der Waals surface area contributed by atoms with Crippen molar-refractivity contribution in [1.29, 1.82) is 0 Å². The van der Waals surface area contributed by atoms with Gasteiger partial charge in [0.1, 0.15) is 23.2 Å². The Morgan fingerprint density at radius 1 is 1.18 bits per heavy atom. The van der Waals surface area contributed by atoms with Crippen molar-refractivity contribution >= 4 is 22.4 Å². The van der Waals surface area contributed by atoms with Gasteiger partial charge in [0.25, 0.3) is 0 Å². The lowest BCUT2D eigenvalue weighted by Gasteiger charge is -2.40. The molecule has 0 aliphatic carbocycles. The van der Waals surface area contributed by atoms with Gasteiger partial charge in [0.15, 0.2) is 0 Å². The normalized spacial score (nSPS) is 19.0. The first-order valence-corrected chi connectivity index (χ1v) is 11.1. The summed E-state index contributed by atoms with van der Waals surface area (Å²) in [7, 11) is 1.62. The number of aromatic nitrogens is 2. The molecule has 1 atom stereocenters. The van der Waals surface area contributed by atoms with E-state index in [0.29, 0.717) is 53.3 Å². The molecule has 0 saturated carbocycles. The van der Waals surface area contributed by atoms with E-state index in [1.54, 1.807) is 19.2 Å². The predicted octanol–water partition coefficient (Wildman–Crippen LogP) is 5.12. The van der Waals surface area contributed by atoms with Crippen LogP contribution in [-0.2, 0) is 17.5 Å². The number of nitrogens with one attached hydrogen (secondary N) is 1. The molecule has 1 aromatic heterocycles. The molecule has 10 heteroatoms. The average Bonchev–Trinajstić information content (AvgIpc) is 2.78. The molecule has 0 spiro atoms. The van der Waals surface area contributed by atoms with Crippen LogP contribution >= 0.6 is 0 Å². The Labute approximate surface area is 193 Å². The summed E-state index contributed by atoms with van der Waals surface area (Å²) in [4.78, 5) is 11.1. The summed E-state index contributed by atoms with van der Waals surface area (Å²) in [6, 6.07) is 7.06. The van der Waals surface area contributed by atoms with E-state index in [2.05, 4.69) is 15.3 Å². The second kappa shape index (κ2) is 8.57. The zero-order valence-corrected chi connectivity index (χ0v) is 18.7. The van der Waals surface area contributed by atoms with Crippen LogP contribution in [-0.4, -0.2) is 42.9 Å². The van der Waals surface area contributed by atoms with E-state index in [-0.39, 0.29) is 30.9 Å². The highest BCUT2D eigenvalue weighted by Gasteiger charge is 2.35. The quantitative estimate of drug-likeness (QED) is 0.518. The number of hydrogen-bond acceptors (Lipinski definition) is 6. The number of methoxy groups -OCH3 is 1. The zero-order valence-electron chi connectivity index (χ0n) is 18.7. The molecular weight excluding hydrogens is 452 g/mol. The van der Waals surface area contributed by atoms with E-state index in [1.165, 1.54) is 12.1 Å². The summed E-state index contributed by atoms with van der Waals surface area (Å²) in [5.41, 5.74) is 0.413. The van der Waals surface area contributed by atoms with Crippen molar-refractivity contribution in [2.75, 3.05) is 37.0 Å². The Bertz CT molecular complexity index is 1230. The van der Waals surface area contributed by atoms with Crippen molar-refractivity contribution in [3.05, 3.63) is 53.1 Å². The molecule has 0 amide bonds. The number of nitrogens with zero attached hydrogens (tertiary/aromatic N) is 3. The number of para-hydroxylation sites is 1. The van der Waals surface area contributed by atoms with Gasteiger partial charge in [0.2, 0.25) is 0 Å². The molecule has 2 aromatic carbocycles. The number of alkyl halides is 3. The smallest absolute Gasteiger partial charge is 0.419 e. The monoisotopic (exact) mass is 476 g/mol. The van der Waals surface area contributed by atoms with Crippen molar-refractivity contribution in [2.45, 2.75) is 38.1 Å². The topological polar surface area (TPSA) is 59.5 Å². The highest BCUT2D eigenvalue weighted by atomic mass is 19.4. The maximum absolute atomic E-state index is 15.0. The van der Waals surface area contributed by atoms with Crippen LogP contribution in [0.3, 0.4) is 0 Å². The number of halogens is 4. The molecule has 1 fully saturated rings. The van der Waals surface area contributed by atoms with Crippen molar-refractivity contribution < 1.29 is 27.0 Å². The Kier molecular flexibility index (Phi) is 5.71. The molecule has 1 saturated heterocycles. The third-order valence-electron chi connectivity index (χ3n) is 6.39. The van der Waals surface area contributed by atoms with Crippen LogP contribution in [0.1, 0.15) is 36.2 Å². The number of anilines is 2. The van der Waals surface area contributed by atoms with Gasteiger partial charge in [-0.15, -0.1) is 0 Å². The lowest BCUT2D eigenvalue weighted by atomic mass is 10.1. The Balaban J connectivity index is 1.58. The molecular formula is C24H24F4N4O2. The molecule has 3 heterocycles. The largest absolute Gasteiger partial charge is 0.493 e. The molecule has 5 rings (SSSR count). The van der Waals surface area contributed by atoms with E-state index >= 15 is 0 Å². The lowest BCUT2D eigenvalue weighted by molar-refractivity contribution is -0.139. The predicted molar refractivity (Wildman–Crippen MR) is 120 cm³/mol. The van der Waals surface area contributed by atoms with Gasteiger partial charge in [0.05, 0.1) is 29.5 Å². The first-order valence-electron chi connectivity index (χ1n) is 11.1. The van der Waals surface area contributed by atoms with Gasteiger partial charge in [-0.1, -0.05) is 19.1 Å². The Morgan fingerprint density at radius 2 is 1.97 bits per heavy atom. The highest BCUT2D eigenvalue weighted by molar-refractivity contribution is 5.92. The second-order valence-corrected chi connectivity index (χ2v) is 8.70. The third kappa shape index (κ3) is 4.11. The summed E-state index contributed by atoms with van der Waals surface area (Å²) in [5, 5.41) is 3.76. The van der Waals surface area contributed by atoms with Crippen molar-refractivity contribution in [3.63, 3.8) is 0 Å². The van der Waals surface area contributed by atoms with E-state index in [9.17, 15) is 17.6 Å². The molecule has 180 valence electrons. The van der Waals surface area contributed by atoms with Crippen LogP contribution < -0.4 is 15.0 Å². The molecule has 1 N–H and O–H groups in total. The fraction of sp³-hybridized carbons (Fsp3) is 0.417. The van der Waals surface area contributed by atoms with E-state index in [0.717, 1.165) is 6.07 Å². The molecule has 2 aliphatic heterocycles. The maximum atomic E-state index is 15.0. The minimum atomic E-state index is -4.54. The van der Waals surface area contributed by atoms with Gasteiger partial charge < -0.3 is 19.7 Å². The van der Waals surface area contributed by atoms with Crippen LogP contribution in [0, 0.1) is 5.82 Å². The molecule has 0 radical (unpaired) electrons. The van der Waals surface area contributed by atoms with Gasteiger partial charge in [-0.25, -0.2) is 14.4 Å². The van der Waals surface area contributed by atoms with Crippen molar-refractivity contribution in [3.8, 4) is 5.75 Å². The summed E-state index contributed by atoms with van der Waals surface area (Å²) >= 11 is 0. The fourth-order valence-electron chi connectivity index (χ4n) is 4.30. The van der Waals surface area contributed by atoms with Crippen molar-refractivity contribution in [2.24, 2.45) is 0 Å². The maximum Gasteiger partial charge on any atom is 0.419 e. The van der Waals surface area contributed by atoms with Gasteiger partial charge in [-0.05, 0) is 18.6 Å². The number of rotatable bonds is 2. The molecule has 6 nitrogen and oxygen atoms in total. The third-order valence-corrected chi connectivity index (χ3v) is 6.39. The molecule has 3 aromatic rings. The standard InChI is InChI=1S/C24H24F4N4O2/c1-13-6-7-34-21-14(4-3-5-17(21)24(26,27)28)10-29-23-16-8-20(32-11-15(12-32)33-2)18(25)9-19(16)30-22(13)31-23/h3-5,8-9,13,15H,6-7,10-12H2,1-2H3,(H,29,30,31). The van der Waals surface area contributed by atoms with Gasteiger partial charge in [-0.2, -0.15) is 13.2 Å². The van der Waals surface area contributed by atoms with Gasteiger partial charge in [0, 0.05) is 49.7 Å². The molecule has 2 aliphatic rings. The van der Waals surface area contributed by atoms with Crippen LogP contribution in [0.4, 0.5) is 29.1 Å². The average molecular weight is 476 g/mol. The minimum absolute atomic E-state index is 0.0492. The SMILES string of the molecule is COC1CN(c2cc3c4nc(nc3cc2F)C(C)CCOc2c(cccc2C(F)(F)F)CN4)C1. The van der Waals surface area contributed by atoms with E-state index < -0.39 is 17.6 Å². The summed E-state index contributed by atoms with van der Waals surface area (Å²) in [6.45, 7) is 3.14. The second-order valence-electron chi connectivity index (χ2n) is 8.70. The van der Waals surface area contributed by atoms with Crippen LogP contribution in [0.25, 0.3) is 10.9 Å². The molecule has 1 unspecified atom stereocenters. The summed E-state index contributed by atoms with van der Waals surface area (Å²) in [6.07, 6.45) is -4.08. The lowest BCUT2D eigenvalue weighted by Crippen LogP contribution is -2.52. The van der Waals surface area contributed by atoms with Crippen LogP contribution in [0.15, 0.2) is 30.3 Å². The van der Waals surface area contributed by atoms with E-state index in [1.807, 2.05) is 11.8 Å². The van der Waals surface area contributed by atoms with Crippen LogP contribution in [0.2, 0.25) is 0 Å². The number of fused-ring (bicyclic) bond motifs is 5. The summed E-state index contributed by atoms with van der Waals surface area (Å²) in [5.74, 6) is 0.154. The number of ether oxygens (including phenoxy) is 2. The molecule has 34 heavy (non-hydrogen) atoms. The van der Waals surface area contributed by atoms with E-state index in [4.69, 9.17) is 9.47 Å². The number of benzene rings is 2. The Morgan fingerprint density at radius 3 is 2.71 bits per heavy atom. The summed E-state index contributed by atoms with van der Waals surface area (Å²) < 4.78 is 66.7. The first-order chi connectivity index (χ1) is 16.2. The van der Waals surface area contributed by atoms with Crippen molar-refractivity contribution in [1.82, 2.24) is 9.97 Å². The van der Waals surface area contributed by atoms with Crippen LogP contribution in [0.5, 0.6) is 5.75 Å². The number of hydrogen-bond donors (Lipinski definition) is 1. The molecule has 2 bridgehead atoms. The minimum Gasteiger partial charge on any atom is -0.493 e. The van der Waals surface area contributed by atoms with Gasteiger partial charge in [-0.3, -0.25) is 0 Å².